The minimum Gasteiger partial charge on any atom is -0.347 e. The maximum Gasteiger partial charge on any atom is 0.511 e. The number of aromatic nitrogens is 5. The van der Waals surface area contributed by atoms with Gasteiger partial charge >= 0.3 is 15.5 Å². The molecule has 0 saturated carbocycles. The van der Waals surface area contributed by atoms with Gasteiger partial charge in [-0.15, -0.1) is 0 Å². The first-order valence-corrected chi connectivity index (χ1v) is 13.7. The van der Waals surface area contributed by atoms with Gasteiger partial charge in [0.2, 0.25) is 0 Å². The first-order chi connectivity index (χ1) is 18.4. The zero-order valence-electron chi connectivity index (χ0n) is 21.4. The standard InChI is InChI=1S/C25H26F3N7O3S/c1-4-19-22(34-13-16(3)15(2)11-20(34)30-19)24(36)29-12-17-5-7-18(8-6-17)23-31-21-14-33(9-10-35(21)32-23)39(37,38)25(26,27)28/h5-8,11,13H,4,9-10,12,14H2,1-3H3,(H,29,36). The fourth-order valence-electron chi connectivity index (χ4n) is 4.45. The van der Waals surface area contributed by atoms with Crippen molar-refractivity contribution in [3.05, 3.63) is 70.4 Å². The third-order valence-electron chi connectivity index (χ3n) is 6.78. The lowest BCUT2D eigenvalue weighted by atomic mass is 10.1. The number of sulfonamides is 1. The third-order valence-corrected chi connectivity index (χ3v) is 8.35. The monoisotopic (exact) mass is 561 g/mol. The van der Waals surface area contributed by atoms with Crippen LogP contribution in [0.1, 0.15) is 45.6 Å². The Balaban J connectivity index is 1.29. The molecule has 10 nitrogen and oxygen atoms in total. The molecule has 0 bridgehead atoms. The molecule has 1 aliphatic heterocycles. The van der Waals surface area contributed by atoms with Gasteiger partial charge in [0.05, 0.1) is 18.8 Å². The van der Waals surface area contributed by atoms with E-state index in [-0.39, 0.29) is 37.2 Å². The van der Waals surface area contributed by atoms with Crippen LogP contribution in [0.2, 0.25) is 0 Å². The number of nitrogens with one attached hydrogen (secondary N) is 1. The van der Waals surface area contributed by atoms with E-state index in [1.54, 1.807) is 24.3 Å². The van der Waals surface area contributed by atoms with Gasteiger partial charge in [-0.05, 0) is 43.0 Å². The van der Waals surface area contributed by atoms with E-state index in [0.29, 0.717) is 27.7 Å². The summed E-state index contributed by atoms with van der Waals surface area (Å²) in [4.78, 5) is 22.0. The first-order valence-electron chi connectivity index (χ1n) is 12.2. The normalized spacial score (nSPS) is 14.5. The van der Waals surface area contributed by atoms with E-state index in [1.807, 2.05) is 37.4 Å². The van der Waals surface area contributed by atoms with Gasteiger partial charge < -0.3 is 5.32 Å². The molecule has 0 atom stereocenters. The molecule has 0 spiro atoms. The fraction of sp³-hybridized carbons (Fsp3) is 0.360. The summed E-state index contributed by atoms with van der Waals surface area (Å²) in [5.41, 5.74) is 0.139. The van der Waals surface area contributed by atoms with Crippen LogP contribution in [-0.4, -0.2) is 54.8 Å². The number of rotatable bonds is 6. The number of amides is 1. The number of halogens is 3. The van der Waals surface area contributed by atoms with Crippen LogP contribution in [-0.2, 0) is 36.1 Å². The van der Waals surface area contributed by atoms with Crippen LogP contribution in [0.15, 0.2) is 36.5 Å². The van der Waals surface area contributed by atoms with Crippen LogP contribution in [0.25, 0.3) is 17.0 Å². The smallest absolute Gasteiger partial charge is 0.347 e. The Morgan fingerprint density at radius 2 is 1.79 bits per heavy atom. The number of imidazole rings is 1. The molecule has 4 heterocycles. The van der Waals surface area contributed by atoms with Gasteiger partial charge in [0, 0.05) is 24.8 Å². The van der Waals surface area contributed by atoms with Crippen LogP contribution in [0.3, 0.4) is 0 Å². The van der Waals surface area contributed by atoms with Crippen LogP contribution in [0, 0.1) is 13.8 Å². The molecule has 206 valence electrons. The quantitative estimate of drug-likeness (QED) is 0.386. The molecule has 0 aliphatic carbocycles. The fourth-order valence-corrected chi connectivity index (χ4v) is 5.35. The van der Waals surface area contributed by atoms with Crippen molar-refractivity contribution in [2.75, 3.05) is 6.54 Å². The molecule has 0 saturated heterocycles. The second-order valence-electron chi connectivity index (χ2n) is 9.37. The Labute approximate surface area is 222 Å². The molecule has 1 aromatic carbocycles. The van der Waals surface area contributed by atoms with Crippen molar-refractivity contribution in [3.63, 3.8) is 0 Å². The van der Waals surface area contributed by atoms with Crippen molar-refractivity contribution in [2.45, 2.75) is 52.3 Å². The summed E-state index contributed by atoms with van der Waals surface area (Å²) < 4.78 is 65.9. The summed E-state index contributed by atoms with van der Waals surface area (Å²) in [6.07, 6.45) is 2.52. The molecule has 0 fully saturated rings. The number of fused-ring (bicyclic) bond motifs is 2. The van der Waals surface area contributed by atoms with Gasteiger partial charge in [-0.3, -0.25) is 9.20 Å². The predicted molar refractivity (Wildman–Crippen MR) is 136 cm³/mol. The van der Waals surface area contributed by atoms with Gasteiger partial charge in [0.1, 0.15) is 17.2 Å². The lowest BCUT2D eigenvalue weighted by Crippen LogP contribution is -2.44. The minimum atomic E-state index is -5.44. The number of aryl methyl sites for hydroxylation is 3. The number of alkyl halides is 3. The van der Waals surface area contributed by atoms with Crippen molar-refractivity contribution in [3.8, 4) is 11.4 Å². The summed E-state index contributed by atoms with van der Waals surface area (Å²) in [5, 5.41) is 7.26. The second-order valence-corrected chi connectivity index (χ2v) is 11.3. The molecule has 5 rings (SSSR count). The second kappa shape index (κ2) is 9.75. The van der Waals surface area contributed by atoms with E-state index in [9.17, 15) is 26.4 Å². The third kappa shape index (κ3) is 4.89. The van der Waals surface area contributed by atoms with Crippen molar-refractivity contribution < 1.29 is 26.4 Å². The Kier molecular flexibility index (Phi) is 6.71. The summed E-state index contributed by atoms with van der Waals surface area (Å²) in [5.74, 6) is 0.162. The Hall–Kier alpha value is -3.78. The van der Waals surface area contributed by atoms with E-state index in [0.717, 1.165) is 22.3 Å². The summed E-state index contributed by atoms with van der Waals surface area (Å²) >= 11 is 0. The van der Waals surface area contributed by atoms with Crippen molar-refractivity contribution >= 4 is 21.6 Å². The molecule has 1 amide bonds. The maximum absolute atomic E-state index is 13.1. The molecule has 39 heavy (non-hydrogen) atoms. The van der Waals surface area contributed by atoms with Gasteiger partial charge in [-0.25, -0.2) is 23.1 Å². The molecule has 0 radical (unpaired) electrons. The maximum atomic E-state index is 13.1. The Morgan fingerprint density at radius 3 is 2.46 bits per heavy atom. The molecular formula is C25H26F3N7O3S. The van der Waals surface area contributed by atoms with Gasteiger partial charge in [0.25, 0.3) is 5.91 Å². The topological polar surface area (TPSA) is 114 Å². The highest BCUT2D eigenvalue weighted by molar-refractivity contribution is 7.89. The van der Waals surface area contributed by atoms with Crippen molar-refractivity contribution in [2.24, 2.45) is 0 Å². The average molecular weight is 562 g/mol. The van der Waals surface area contributed by atoms with E-state index in [2.05, 4.69) is 20.4 Å². The largest absolute Gasteiger partial charge is 0.511 e. The van der Waals surface area contributed by atoms with E-state index >= 15 is 0 Å². The number of pyridine rings is 1. The van der Waals surface area contributed by atoms with E-state index in [4.69, 9.17) is 0 Å². The summed E-state index contributed by atoms with van der Waals surface area (Å²) in [6, 6.07) is 9.02. The number of benzene rings is 1. The molecule has 1 N–H and O–H groups in total. The van der Waals surface area contributed by atoms with E-state index < -0.39 is 22.1 Å². The lowest BCUT2D eigenvalue weighted by molar-refractivity contribution is -0.0496. The Morgan fingerprint density at radius 1 is 1.08 bits per heavy atom. The lowest BCUT2D eigenvalue weighted by Gasteiger charge is -2.26. The average Bonchev–Trinajstić information content (AvgIpc) is 3.48. The molecule has 0 unspecified atom stereocenters. The van der Waals surface area contributed by atoms with Gasteiger partial charge in [-0.2, -0.15) is 22.6 Å². The highest BCUT2D eigenvalue weighted by Crippen LogP contribution is 2.30. The van der Waals surface area contributed by atoms with Gasteiger partial charge in [-0.1, -0.05) is 31.2 Å². The molecular weight excluding hydrogens is 535 g/mol. The zero-order chi connectivity index (χ0) is 28.1. The van der Waals surface area contributed by atoms with Gasteiger partial charge in [0.15, 0.2) is 5.82 Å². The molecule has 1 aliphatic rings. The first kappa shape index (κ1) is 26.8. The SMILES string of the molecule is CCc1nc2cc(C)c(C)cn2c1C(=O)NCc1ccc(-c2nc3n(n2)CCN(S(=O)(=O)C(F)(F)F)C3)cc1. The molecule has 3 aromatic heterocycles. The van der Waals surface area contributed by atoms with E-state index in [1.165, 1.54) is 4.68 Å². The number of nitrogens with zero attached hydrogens (tertiary/aromatic N) is 6. The van der Waals surface area contributed by atoms with Crippen LogP contribution in [0.4, 0.5) is 13.2 Å². The van der Waals surface area contributed by atoms with Crippen LogP contribution >= 0.6 is 0 Å². The highest BCUT2D eigenvalue weighted by Gasteiger charge is 2.50. The van der Waals surface area contributed by atoms with Crippen LogP contribution in [0.5, 0.6) is 0 Å². The Bertz CT molecular complexity index is 1680. The number of hydrogen-bond donors (Lipinski definition) is 1. The van der Waals surface area contributed by atoms with Crippen LogP contribution < -0.4 is 5.32 Å². The molecule has 14 heteroatoms. The number of carbonyl (C=O) groups excluding carboxylic acids is 1. The molecule has 4 aromatic rings. The highest BCUT2D eigenvalue weighted by atomic mass is 32.2. The van der Waals surface area contributed by atoms with Crippen molar-refractivity contribution in [1.29, 1.82) is 0 Å². The zero-order valence-corrected chi connectivity index (χ0v) is 22.3. The predicted octanol–water partition coefficient (Wildman–Crippen LogP) is 3.37. The minimum absolute atomic E-state index is 0.0378. The number of hydrogen-bond acceptors (Lipinski definition) is 6. The summed E-state index contributed by atoms with van der Waals surface area (Å²) in [6.45, 7) is 5.30. The number of carbonyl (C=O) groups is 1. The summed E-state index contributed by atoms with van der Waals surface area (Å²) in [7, 11) is -5.44. The van der Waals surface area contributed by atoms with Crippen molar-refractivity contribution in [1.82, 2.24) is 33.8 Å².